The summed E-state index contributed by atoms with van der Waals surface area (Å²) in [4.78, 5) is 34.0. The van der Waals surface area contributed by atoms with Crippen LogP contribution in [0.4, 0.5) is 5.69 Å². The molecule has 21 heavy (non-hydrogen) atoms. The Balaban J connectivity index is 2.20. The minimum absolute atomic E-state index is 0.0600. The maximum atomic E-state index is 11.9. The molecule has 0 aromatic heterocycles. The van der Waals surface area contributed by atoms with E-state index >= 15 is 0 Å². The van der Waals surface area contributed by atoms with E-state index in [9.17, 15) is 19.7 Å². The van der Waals surface area contributed by atoms with Gasteiger partial charge >= 0.3 is 0 Å². The molecule has 0 saturated heterocycles. The first-order valence-corrected chi connectivity index (χ1v) is 6.22. The lowest BCUT2D eigenvalue weighted by Gasteiger charge is -2.16. The van der Waals surface area contributed by atoms with Crippen molar-refractivity contribution >= 4 is 22.8 Å². The van der Waals surface area contributed by atoms with Crippen LogP contribution in [0.25, 0.3) is 5.57 Å². The summed E-state index contributed by atoms with van der Waals surface area (Å²) in [6.07, 6.45) is 1.24. The Morgan fingerprint density at radius 1 is 0.905 bits per heavy atom. The fourth-order valence-electron chi connectivity index (χ4n) is 2.35. The van der Waals surface area contributed by atoms with E-state index in [2.05, 4.69) is 0 Å². The minimum atomic E-state index is -0.616. The molecule has 3 rings (SSSR count). The molecular weight excluding hydrogens is 270 g/mol. The van der Waals surface area contributed by atoms with Crippen molar-refractivity contribution in [1.82, 2.24) is 0 Å². The average Bonchev–Trinajstić information content (AvgIpc) is 2.51. The molecular formula is C16H9NO4. The summed E-state index contributed by atoms with van der Waals surface area (Å²) in [5.74, 6) is -1.17. The van der Waals surface area contributed by atoms with Gasteiger partial charge in [0.05, 0.1) is 4.92 Å². The van der Waals surface area contributed by atoms with Gasteiger partial charge in [0.2, 0.25) is 11.6 Å². The molecule has 2 aromatic carbocycles. The number of fused-ring (bicyclic) bond motifs is 1. The number of carbonyl (C=O) groups excluding carboxylic acids is 2. The number of non-ortho nitro benzene ring substituents is 1. The first kappa shape index (κ1) is 12.9. The Hall–Kier alpha value is -3.08. The molecule has 0 saturated carbocycles. The summed E-state index contributed by atoms with van der Waals surface area (Å²) < 4.78 is 0. The average molecular weight is 279 g/mol. The molecule has 0 bridgehead atoms. The van der Waals surface area contributed by atoms with Crippen LogP contribution in [0.1, 0.15) is 21.5 Å². The Morgan fingerprint density at radius 3 is 2.33 bits per heavy atom. The molecule has 2 aromatic rings. The minimum Gasteiger partial charge on any atom is -0.286 e. The summed E-state index contributed by atoms with van der Waals surface area (Å²) in [5.41, 5.74) is 1.95. The van der Waals surface area contributed by atoms with Crippen LogP contribution in [0, 0.1) is 10.1 Å². The zero-order valence-electron chi connectivity index (χ0n) is 10.8. The van der Waals surface area contributed by atoms with Gasteiger partial charge < -0.3 is 0 Å². The molecule has 0 fully saturated rings. The van der Waals surface area contributed by atoms with Gasteiger partial charge in [-0.1, -0.05) is 36.4 Å². The van der Waals surface area contributed by atoms with Crippen LogP contribution in [-0.4, -0.2) is 16.5 Å². The van der Waals surface area contributed by atoms with Crippen molar-refractivity contribution in [3.05, 3.63) is 81.4 Å². The third-order valence-corrected chi connectivity index (χ3v) is 3.33. The van der Waals surface area contributed by atoms with Gasteiger partial charge in [-0.15, -0.1) is 0 Å². The number of hydrogen-bond donors (Lipinski definition) is 0. The predicted octanol–water partition coefficient (Wildman–Crippen LogP) is 2.79. The third kappa shape index (κ3) is 2.14. The highest BCUT2D eigenvalue weighted by Crippen LogP contribution is 2.31. The van der Waals surface area contributed by atoms with E-state index in [0.29, 0.717) is 22.3 Å². The van der Waals surface area contributed by atoms with Gasteiger partial charge in [0.1, 0.15) is 0 Å². The molecule has 0 N–H and O–H groups in total. The van der Waals surface area contributed by atoms with Crippen LogP contribution >= 0.6 is 0 Å². The highest BCUT2D eigenvalue weighted by Gasteiger charge is 2.26. The number of carbonyl (C=O) groups is 2. The number of nitro benzene ring substituents is 1. The zero-order chi connectivity index (χ0) is 15.0. The van der Waals surface area contributed by atoms with Gasteiger partial charge in [0.15, 0.2) is 0 Å². The second-order valence-corrected chi connectivity index (χ2v) is 4.60. The smallest absolute Gasteiger partial charge is 0.270 e. The number of hydrogen-bond acceptors (Lipinski definition) is 4. The van der Waals surface area contributed by atoms with Crippen LogP contribution in [0.5, 0.6) is 0 Å². The molecule has 0 aliphatic heterocycles. The Morgan fingerprint density at radius 2 is 1.62 bits per heavy atom. The molecule has 0 amide bonds. The lowest BCUT2D eigenvalue weighted by molar-refractivity contribution is -0.384. The molecule has 0 unspecified atom stereocenters. The number of nitro groups is 1. The van der Waals surface area contributed by atoms with Crippen molar-refractivity contribution in [2.75, 3.05) is 0 Å². The van der Waals surface area contributed by atoms with Gasteiger partial charge in [-0.2, -0.15) is 0 Å². The fourth-order valence-corrected chi connectivity index (χ4v) is 2.35. The van der Waals surface area contributed by atoms with Crippen LogP contribution in [0.15, 0.2) is 54.6 Å². The van der Waals surface area contributed by atoms with E-state index in [1.165, 1.54) is 18.2 Å². The lowest BCUT2D eigenvalue weighted by atomic mass is 9.85. The van der Waals surface area contributed by atoms with E-state index in [-0.39, 0.29) is 5.69 Å². The number of rotatable bonds is 2. The van der Waals surface area contributed by atoms with Crippen LogP contribution in [-0.2, 0) is 4.79 Å². The highest BCUT2D eigenvalue weighted by atomic mass is 16.6. The normalized spacial score (nSPS) is 13.6. The predicted molar refractivity (Wildman–Crippen MR) is 76.0 cm³/mol. The Labute approximate surface area is 119 Å². The van der Waals surface area contributed by atoms with Crippen molar-refractivity contribution in [2.24, 2.45) is 0 Å². The van der Waals surface area contributed by atoms with E-state index < -0.39 is 16.5 Å². The Kier molecular flexibility index (Phi) is 2.95. The van der Waals surface area contributed by atoms with Gasteiger partial charge in [0, 0.05) is 17.7 Å². The summed E-state index contributed by atoms with van der Waals surface area (Å²) >= 11 is 0. The van der Waals surface area contributed by atoms with Crippen molar-refractivity contribution in [1.29, 1.82) is 0 Å². The monoisotopic (exact) mass is 279 g/mol. The zero-order valence-corrected chi connectivity index (χ0v) is 10.8. The maximum Gasteiger partial charge on any atom is 0.270 e. The summed E-state index contributed by atoms with van der Waals surface area (Å²) in [6.45, 7) is 0. The first-order valence-electron chi connectivity index (χ1n) is 6.22. The summed E-state index contributed by atoms with van der Waals surface area (Å²) in [7, 11) is 0. The molecule has 102 valence electrons. The van der Waals surface area contributed by atoms with Crippen LogP contribution in [0.3, 0.4) is 0 Å². The second kappa shape index (κ2) is 4.79. The van der Waals surface area contributed by atoms with E-state index in [4.69, 9.17) is 0 Å². The van der Waals surface area contributed by atoms with Crippen LogP contribution < -0.4 is 0 Å². The van der Waals surface area contributed by atoms with Crippen molar-refractivity contribution in [3.63, 3.8) is 0 Å². The van der Waals surface area contributed by atoms with Crippen molar-refractivity contribution < 1.29 is 14.5 Å². The second-order valence-electron chi connectivity index (χ2n) is 4.60. The van der Waals surface area contributed by atoms with E-state index in [1.54, 1.807) is 36.4 Å². The first-order chi connectivity index (χ1) is 10.1. The SMILES string of the molecule is O=C1C=C(c2cccc([N+](=O)[O-])c2)c2ccccc2C1=O. The summed E-state index contributed by atoms with van der Waals surface area (Å²) in [5, 5.41) is 10.9. The van der Waals surface area contributed by atoms with Crippen molar-refractivity contribution in [3.8, 4) is 0 Å². The standard InChI is InChI=1S/C16H9NO4/c18-15-9-14(10-4-3-5-11(8-10)17(20)21)12-6-1-2-7-13(12)16(15)19/h1-9H. The maximum absolute atomic E-state index is 11.9. The van der Waals surface area contributed by atoms with Crippen LogP contribution in [0.2, 0.25) is 0 Å². The topological polar surface area (TPSA) is 77.3 Å². The van der Waals surface area contributed by atoms with Gasteiger partial charge in [-0.3, -0.25) is 19.7 Å². The number of allylic oxidation sites excluding steroid dienone is 1. The number of nitrogens with zero attached hydrogens (tertiary/aromatic N) is 1. The number of benzene rings is 2. The van der Waals surface area contributed by atoms with Gasteiger partial charge in [-0.25, -0.2) is 0 Å². The van der Waals surface area contributed by atoms with E-state index in [0.717, 1.165) is 0 Å². The third-order valence-electron chi connectivity index (χ3n) is 3.33. The number of ketones is 2. The molecule has 0 spiro atoms. The largest absolute Gasteiger partial charge is 0.286 e. The molecule has 0 atom stereocenters. The molecule has 0 heterocycles. The molecule has 0 radical (unpaired) electrons. The molecule has 1 aliphatic carbocycles. The van der Waals surface area contributed by atoms with Gasteiger partial charge in [0.25, 0.3) is 5.69 Å². The quantitative estimate of drug-likeness (QED) is 0.481. The van der Waals surface area contributed by atoms with Gasteiger partial charge in [-0.05, 0) is 22.8 Å². The summed E-state index contributed by atoms with van der Waals surface area (Å²) in [6, 6.07) is 12.8. The van der Waals surface area contributed by atoms with E-state index in [1.807, 2.05) is 0 Å². The molecule has 5 heteroatoms. The highest BCUT2D eigenvalue weighted by molar-refractivity contribution is 6.51. The lowest BCUT2D eigenvalue weighted by Crippen LogP contribution is -2.18. The fraction of sp³-hybridized carbons (Fsp3) is 0. The number of Topliss-reactive ketones (excluding diaryl/α,β-unsaturated/α-hetero) is 1. The Bertz CT molecular complexity index is 821. The molecule has 5 nitrogen and oxygen atoms in total. The van der Waals surface area contributed by atoms with Crippen molar-refractivity contribution in [2.45, 2.75) is 0 Å². The molecule has 1 aliphatic rings.